The summed E-state index contributed by atoms with van der Waals surface area (Å²) in [6, 6.07) is 11.2. The Morgan fingerprint density at radius 3 is 2.52 bits per heavy atom. The molecule has 5 nitrogen and oxygen atoms in total. The van der Waals surface area contributed by atoms with E-state index in [1.165, 1.54) is 23.1 Å². The molecule has 0 unspecified atom stereocenters. The quantitative estimate of drug-likeness (QED) is 0.736. The molecule has 3 rings (SSSR count). The van der Waals surface area contributed by atoms with E-state index in [9.17, 15) is 8.78 Å². The molecule has 118 valence electrons. The molecule has 0 aliphatic rings. The van der Waals surface area contributed by atoms with Gasteiger partial charge < -0.3 is 10.5 Å². The number of nitrogen functional groups attached to an aromatic ring is 1. The molecule has 8 heteroatoms. The maximum Gasteiger partial charge on any atom is 0.387 e. The topological polar surface area (TPSA) is 66.0 Å². The largest absolute Gasteiger partial charge is 0.435 e. The van der Waals surface area contributed by atoms with E-state index >= 15 is 0 Å². The van der Waals surface area contributed by atoms with E-state index in [1.807, 2.05) is 0 Å². The number of hydrogen-bond donors (Lipinski definition) is 1. The predicted molar refractivity (Wildman–Crippen MR) is 82.8 cm³/mol. The van der Waals surface area contributed by atoms with E-state index in [0.717, 1.165) is 5.56 Å². The fraction of sp³-hybridized carbons (Fsp3) is 0.0667. The summed E-state index contributed by atoms with van der Waals surface area (Å²) in [7, 11) is 0. The number of benzene rings is 2. The molecule has 0 radical (unpaired) electrons. The minimum absolute atomic E-state index is 0.0782. The van der Waals surface area contributed by atoms with Gasteiger partial charge in [-0.2, -0.15) is 8.78 Å². The lowest BCUT2D eigenvalue weighted by atomic mass is 10.2. The summed E-state index contributed by atoms with van der Waals surface area (Å²) < 4.78 is 30.1. The summed E-state index contributed by atoms with van der Waals surface area (Å²) >= 11 is 5.98. The first-order chi connectivity index (χ1) is 11.0. The van der Waals surface area contributed by atoms with E-state index in [2.05, 4.69) is 14.8 Å². The maximum atomic E-state index is 12.1. The Balaban J connectivity index is 1.85. The average Bonchev–Trinajstić information content (AvgIpc) is 3.00. The highest BCUT2D eigenvalue weighted by molar-refractivity contribution is 6.33. The molecule has 0 bridgehead atoms. The first kappa shape index (κ1) is 15.2. The second-order valence-corrected chi connectivity index (χ2v) is 5.03. The van der Waals surface area contributed by atoms with E-state index in [1.54, 1.807) is 30.3 Å². The standard InChI is InChI=1S/C15H11ClF2N4O/c16-12-7-9(1-6-13(12)19)14-20-8-22(21-14)10-2-4-11(5-3-10)23-15(17)18/h1-8,15H,19H2. The van der Waals surface area contributed by atoms with Gasteiger partial charge in [0.2, 0.25) is 0 Å². The van der Waals surface area contributed by atoms with Gasteiger partial charge in [-0.25, -0.2) is 9.67 Å². The average molecular weight is 337 g/mol. The van der Waals surface area contributed by atoms with Gasteiger partial charge in [-0.1, -0.05) is 11.6 Å². The van der Waals surface area contributed by atoms with Crippen molar-refractivity contribution in [3.8, 4) is 22.8 Å². The number of nitrogens with two attached hydrogens (primary N) is 1. The molecule has 0 amide bonds. The lowest BCUT2D eigenvalue weighted by Crippen LogP contribution is -2.02. The molecule has 0 atom stereocenters. The molecule has 1 heterocycles. The second kappa shape index (κ2) is 6.21. The van der Waals surface area contributed by atoms with Crippen LogP contribution in [0.4, 0.5) is 14.5 Å². The zero-order valence-corrected chi connectivity index (χ0v) is 12.4. The number of hydrogen-bond acceptors (Lipinski definition) is 4. The highest BCUT2D eigenvalue weighted by atomic mass is 35.5. The number of halogens is 3. The maximum absolute atomic E-state index is 12.1. The molecule has 2 aromatic carbocycles. The van der Waals surface area contributed by atoms with Crippen molar-refractivity contribution in [1.29, 1.82) is 0 Å². The Bertz CT molecular complexity index is 821. The molecular formula is C15H11ClF2N4O. The molecule has 0 aliphatic heterocycles. The number of rotatable bonds is 4. The summed E-state index contributed by atoms with van der Waals surface area (Å²) in [5.41, 5.74) is 7.53. The van der Waals surface area contributed by atoms with Crippen LogP contribution in [0.1, 0.15) is 0 Å². The molecule has 2 N–H and O–H groups in total. The van der Waals surface area contributed by atoms with Crippen molar-refractivity contribution in [2.24, 2.45) is 0 Å². The first-order valence-corrected chi connectivity index (χ1v) is 6.93. The van der Waals surface area contributed by atoms with E-state index < -0.39 is 6.61 Å². The van der Waals surface area contributed by atoms with Crippen molar-refractivity contribution in [2.75, 3.05) is 5.73 Å². The minimum Gasteiger partial charge on any atom is -0.435 e. The summed E-state index contributed by atoms with van der Waals surface area (Å²) in [5.74, 6) is 0.550. The van der Waals surface area contributed by atoms with Gasteiger partial charge in [0.15, 0.2) is 5.82 Å². The lowest BCUT2D eigenvalue weighted by Gasteiger charge is -2.05. The van der Waals surface area contributed by atoms with E-state index in [0.29, 0.717) is 22.2 Å². The number of ether oxygens (including phenoxy) is 1. The second-order valence-electron chi connectivity index (χ2n) is 4.62. The number of anilines is 1. The molecule has 0 fully saturated rings. The molecule has 23 heavy (non-hydrogen) atoms. The van der Waals surface area contributed by atoms with Gasteiger partial charge in [0, 0.05) is 5.56 Å². The monoisotopic (exact) mass is 336 g/mol. The van der Waals surface area contributed by atoms with Crippen LogP contribution in [0, 0.1) is 0 Å². The Morgan fingerprint density at radius 1 is 1.13 bits per heavy atom. The van der Waals surface area contributed by atoms with Crippen molar-refractivity contribution in [3.63, 3.8) is 0 Å². The van der Waals surface area contributed by atoms with Crippen LogP contribution < -0.4 is 10.5 Å². The van der Waals surface area contributed by atoms with Crippen LogP contribution in [0.15, 0.2) is 48.8 Å². The Morgan fingerprint density at radius 2 is 1.87 bits per heavy atom. The fourth-order valence-electron chi connectivity index (χ4n) is 1.97. The molecule has 0 spiro atoms. The van der Waals surface area contributed by atoms with E-state index in [-0.39, 0.29) is 5.75 Å². The third-order valence-electron chi connectivity index (χ3n) is 3.08. The van der Waals surface area contributed by atoms with Gasteiger partial charge in [-0.15, -0.1) is 5.10 Å². The first-order valence-electron chi connectivity index (χ1n) is 6.55. The highest BCUT2D eigenvalue weighted by Gasteiger charge is 2.08. The van der Waals surface area contributed by atoms with Crippen LogP contribution in [0.5, 0.6) is 5.75 Å². The van der Waals surface area contributed by atoms with Gasteiger partial charge in [-0.3, -0.25) is 0 Å². The molecule has 0 saturated carbocycles. The molecule has 1 aromatic heterocycles. The minimum atomic E-state index is -2.85. The lowest BCUT2D eigenvalue weighted by molar-refractivity contribution is -0.0498. The van der Waals surface area contributed by atoms with Gasteiger partial charge in [0.05, 0.1) is 16.4 Å². The van der Waals surface area contributed by atoms with Crippen LogP contribution >= 0.6 is 11.6 Å². The van der Waals surface area contributed by atoms with Crippen LogP contribution in [0.2, 0.25) is 5.02 Å². The summed E-state index contributed by atoms with van der Waals surface area (Å²) in [4.78, 5) is 4.21. The van der Waals surface area contributed by atoms with Gasteiger partial charge in [0.1, 0.15) is 12.1 Å². The van der Waals surface area contributed by atoms with Crippen molar-refractivity contribution >= 4 is 17.3 Å². The van der Waals surface area contributed by atoms with Crippen LogP contribution in [-0.4, -0.2) is 21.4 Å². The molecule has 3 aromatic rings. The summed E-state index contributed by atoms with van der Waals surface area (Å²) in [6.45, 7) is -2.85. The van der Waals surface area contributed by atoms with Crippen molar-refractivity contribution < 1.29 is 13.5 Å². The van der Waals surface area contributed by atoms with Crippen LogP contribution in [0.3, 0.4) is 0 Å². The van der Waals surface area contributed by atoms with E-state index in [4.69, 9.17) is 17.3 Å². The van der Waals surface area contributed by atoms with Gasteiger partial charge in [-0.05, 0) is 42.5 Å². The van der Waals surface area contributed by atoms with Crippen LogP contribution in [-0.2, 0) is 0 Å². The normalized spacial score (nSPS) is 11.0. The summed E-state index contributed by atoms with van der Waals surface area (Å²) in [6.07, 6.45) is 1.52. The van der Waals surface area contributed by atoms with Gasteiger partial charge in [0.25, 0.3) is 0 Å². The highest BCUT2D eigenvalue weighted by Crippen LogP contribution is 2.25. The number of aromatic nitrogens is 3. The summed E-state index contributed by atoms with van der Waals surface area (Å²) in [5, 5.41) is 4.75. The van der Waals surface area contributed by atoms with Gasteiger partial charge >= 0.3 is 6.61 Å². The fourth-order valence-corrected chi connectivity index (χ4v) is 2.15. The molecular weight excluding hydrogens is 326 g/mol. The third kappa shape index (κ3) is 3.40. The van der Waals surface area contributed by atoms with Crippen molar-refractivity contribution in [3.05, 3.63) is 53.8 Å². The van der Waals surface area contributed by atoms with Crippen molar-refractivity contribution in [1.82, 2.24) is 14.8 Å². The smallest absolute Gasteiger partial charge is 0.387 e. The third-order valence-corrected chi connectivity index (χ3v) is 3.40. The van der Waals surface area contributed by atoms with Crippen molar-refractivity contribution in [2.45, 2.75) is 6.61 Å². The van der Waals surface area contributed by atoms with Crippen LogP contribution in [0.25, 0.3) is 17.1 Å². The number of nitrogens with zero attached hydrogens (tertiary/aromatic N) is 3. The molecule has 0 aliphatic carbocycles. The Hall–Kier alpha value is -2.67. The Labute approximate surface area is 135 Å². The predicted octanol–water partition coefficient (Wildman–Crippen LogP) is 3.77. The number of alkyl halides is 2. The Kier molecular flexibility index (Phi) is 4.12. The zero-order chi connectivity index (χ0) is 16.4. The molecule has 0 saturated heterocycles. The zero-order valence-electron chi connectivity index (χ0n) is 11.7. The SMILES string of the molecule is Nc1ccc(-c2ncn(-c3ccc(OC(F)F)cc3)n2)cc1Cl.